The molecule has 0 bridgehead atoms. The van der Waals surface area contributed by atoms with Crippen molar-refractivity contribution in [3.63, 3.8) is 0 Å². The third kappa shape index (κ3) is 3.63. The van der Waals surface area contributed by atoms with Crippen molar-refractivity contribution in [1.29, 1.82) is 0 Å². The first kappa shape index (κ1) is 13.8. The maximum atomic E-state index is 6.14. The van der Waals surface area contributed by atoms with Gasteiger partial charge in [0.05, 0.1) is 10.0 Å². The highest BCUT2D eigenvalue weighted by molar-refractivity contribution is 6.42. The van der Waals surface area contributed by atoms with E-state index in [1.807, 2.05) is 12.1 Å². The van der Waals surface area contributed by atoms with Crippen LogP contribution in [0.4, 0.5) is 0 Å². The van der Waals surface area contributed by atoms with Gasteiger partial charge in [-0.1, -0.05) is 36.2 Å². The number of hydrogen-bond donors (Lipinski definition) is 1. The summed E-state index contributed by atoms with van der Waals surface area (Å²) in [4.78, 5) is 0. The van der Waals surface area contributed by atoms with Crippen molar-refractivity contribution in [3.8, 4) is 0 Å². The van der Waals surface area contributed by atoms with Gasteiger partial charge in [0.1, 0.15) is 0 Å². The second-order valence-corrected chi connectivity index (χ2v) is 4.77. The zero-order valence-electron chi connectivity index (χ0n) is 9.54. The fourth-order valence-corrected chi connectivity index (χ4v) is 1.84. The lowest BCUT2D eigenvalue weighted by Gasteiger charge is -2.20. The number of nitrogens with two attached hydrogens (primary N) is 1. The zero-order valence-corrected chi connectivity index (χ0v) is 11.1. The van der Waals surface area contributed by atoms with Gasteiger partial charge in [0.25, 0.3) is 0 Å². The van der Waals surface area contributed by atoms with Crippen molar-refractivity contribution >= 4 is 23.2 Å². The minimum Gasteiger partial charge on any atom is -0.385 e. The highest BCUT2D eigenvalue weighted by Gasteiger charge is 2.15. The predicted octanol–water partition coefficient (Wildman–Crippen LogP) is 3.67. The minimum absolute atomic E-state index is 0.0371. The average Bonchev–Trinajstić information content (AvgIpc) is 2.28. The molecule has 0 spiro atoms. The monoisotopic (exact) mass is 261 g/mol. The Morgan fingerprint density at radius 3 is 2.56 bits per heavy atom. The Balaban J connectivity index is 2.71. The van der Waals surface area contributed by atoms with E-state index < -0.39 is 0 Å². The lowest BCUT2D eigenvalue weighted by Crippen LogP contribution is -2.20. The standard InChI is InChI=1S/C12H17Cl2NO/c1-8(5-6-16-2)12(15)9-3-4-10(13)11(14)7-9/h3-4,7-8,12H,5-6,15H2,1-2H3. The molecule has 0 aliphatic rings. The fourth-order valence-electron chi connectivity index (χ4n) is 1.53. The molecule has 0 saturated carbocycles. The van der Waals surface area contributed by atoms with Gasteiger partial charge >= 0.3 is 0 Å². The Bertz CT molecular complexity index is 344. The molecule has 0 radical (unpaired) electrons. The van der Waals surface area contributed by atoms with E-state index in [1.165, 1.54) is 0 Å². The van der Waals surface area contributed by atoms with Crippen LogP contribution in [0.1, 0.15) is 24.9 Å². The van der Waals surface area contributed by atoms with Crippen molar-refractivity contribution < 1.29 is 4.74 Å². The molecule has 1 aromatic carbocycles. The Kier molecular flexibility index (Phi) is 5.56. The Labute approximate surface area is 107 Å². The first-order valence-electron chi connectivity index (χ1n) is 5.25. The number of methoxy groups -OCH3 is 1. The van der Waals surface area contributed by atoms with E-state index in [1.54, 1.807) is 13.2 Å². The highest BCUT2D eigenvalue weighted by Crippen LogP contribution is 2.28. The van der Waals surface area contributed by atoms with Gasteiger partial charge in [-0.15, -0.1) is 0 Å². The minimum atomic E-state index is -0.0371. The van der Waals surface area contributed by atoms with Crippen molar-refractivity contribution in [1.82, 2.24) is 0 Å². The largest absolute Gasteiger partial charge is 0.385 e. The molecule has 1 aromatic rings. The summed E-state index contributed by atoms with van der Waals surface area (Å²) >= 11 is 11.8. The van der Waals surface area contributed by atoms with E-state index in [0.29, 0.717) is 16.0 Å². The van der Waals surface area contributed by atoms with E-state index in [4.69, 9.17) is 33.7 Å². The van der Waals surface area contributed by atoms with E-state index in [0.717, 1.165) is 18.6 Å². The molecule has 0 aliphatic heterocycles. The van der Waals surface area contributed by atoms with Gasteiger partial charge in [-0.3, -0.25) is 0 Å². The van der Waals surface area contributed by atoms with E-state index >= 15 is 0 Å². The van der Waals surface area contributed by atoms with Gasteiger partial charge in [-0.25, -0.2) is 0 Å². The van der Waals surface area contributed by atoms with E-state index in [-0.39, 0.29) is 6.04 Å². The lowest BCUT2D eigenvalue weighted by atomic mass is 9.93. The van der Waals surface area contributed by atoms with Crippen LogP contribution in [0.5, 0.6) is 0 Å². The van der Waals surface area contributed by atoms with Crippen LogP contribution in [0, 0.1) is 5.92 Å². The van der Waals surface area contributed by atoms with Crippen molar-refractivity contribution in [2.24, 2.45) is 11.7 Å². The molecule has 2 atom stereocenters. The molecule has 0 amide bonds. The van der Waals surface area contributed by atoms with Crippen molar-refractivity contribution in [2.45, 2.75) is 19.4 Å². The molecule has 0 saturated heterocycles. The van der Waals surface area contributed by atoms with Crippen molar-refractivity contribution in [3.05, 3.63) is 33.8 Å². The van der Waals surface area contributed by atoms with Crippen LogP contribution in [0.25, 0.3) is 0 Å². The molecule has 16 heavy (non-hydrogen) atoms. The summed E-state index contributed by atoms with van der Waals surface area (Å²) in [6, 6.07) is 5.49. The van der Waals surface area contributed by atoms with Gasteiger partial charge in [-0.2, -0.15) is 0 Å². The number of hydrogen-bond acceptors (Lipinski definition) is 2. The van der Waals surface area contributed by atoms with E-state index in [2.05, 4.69) is 6.92 Å². The smallest absolute Gasteiger partial charge is 0.0595 e. The lowest BCUT2D eigenvalue weighted by molar-refractivity contribution is 0.174. The first-order valence-corrected chi connectivity index (χ1v) is 6.01. The molecule has 2 unspecified atom stereocenters. The number of ether oxygens (including phenoxy) is 1. The van der Waals surface area contributed by atoms with Crippen LogP contribution in [0.3, 0.4) is 0 Å². The predicted molar refractivity (Wildman–Crippen MR) is 69.0 cm³/mol. The fraction of sp³-hybridized carbons (Fsp3) is 0.500. The Hall–Kier alpha value is -0.280. The Morgan fingerprint density at radius 2 is 2.00 bits per heavy atom. The van der Waals surface area contributed by atoms with Crippen LogP contribution < -0.4 is 5.73 Å². The number of halogens is 2. The molecule has 2 nitrogen and oxygen atoms in total. The van der Waals surface area contributed by atoms with Crippen molar-refractivity contribution in [2.75, 3.05) is 13.7 Å². The molecule has 2 N–H and O–H groups in total. The molecule has 90 valence electrons. The second-order valence-electron chi connectivity index (χ2n) is 3.96. The summed E-state index contributed by atoms with van der Waals surface area (Å²) in [6.07, 6.45) is 0.928. The van der Waals surface area contributed by atoms with Crippen LogP contribution in [-0.4, -0.2) is 13.7 Å². The van der Waals surface area contributed by atoms with Crippen LogP contribution >= 0.6 is 23.2 Å². The number of benzene rings is 1. The third-order valence-electron chi connectivity index (χ3n) is 2.72. The van der Waals surface area contributed by atoms with Gasteiger partial charge in [0, 0.05) is 19.8 Å². The molecule has 1 rings (SSSR count). The van der Waals surface area contributed by atoms with Crippen LogP contribution in [0.2, 0.25) is 10.0 Å². The van der Waals surface area contributed by atoms with Gasteiger partial charge < -0.3 is 10.5 Å². The molecule has 0 aliphatic carbocycles. The van der Waals surface area contributed by atoms with Gasteiger partial charge in [0.15, 0.2) is 0 Å². The summed E-state index contributed by atoms with van der Waals surface area (Å²) in [5.74, 6) is 0.345. The van der Waals surface area contributed by atoms with Crippen LogP contribution in [-0.2, 0) is 4.74 Å². The summed E-state index contributed by atoms with van der Waals surface area (Å²) in [5.41, 5.74) is 7.15. The normalized spacial score (nSPS) is 14.8. The van der Waals surface area contributed by atoms with Gasteiger partial charge in [-0.05, 0) is 30.0 Å². The molecular formula is C12H17Cl2NO. The summed E-state index contributed by atoms with van der Waals surface area (Å²) in [6.45, 7) is 2.82. The SMILES string of the molecule is COCCC(C)C(N)c1ccc(Cl)c(Cl)c1. The summed E-state index contributed by atoms with van der Waals surface area (Å²) in [7, 11) is 1.69. The van der Waals surface area contributed by atoms with Crippen LogP contribution in [0.15, 0.2) is 18.2 Å². The third-order valence-corrected chi connectivity index (χ3v) is 3.46. The number of rotatable bonds is 5. The van der Waals surface area contributed by atoms with Gasteiger partial charge in [0.2, 0.25) is 0 Å². The Morgan fingerprint density at radius 1 is 1.31 bits per heavy atom. The maximum Gasteiger partial charge on any atom is 0.0595 e. The summed E-state index contributed by atoms with van der Waals surface area (Å²) in [5, 5.41) is 1.11. The van der Waals surface area contributed by atoms with E-state index in [9.17, 15) is 0 Å². The molecular weight excluding hydrogens is 245 g/mol. The summed E-state index contributed by atoms with van der Waals surface area (Å²) < 4.78 is 5.04. The zero-order chi connectivity index (χ0) is 12.1. The topological polar surface area (TPSA) is 35.2 Å². The second kappa shape index (κ2) is 6.45. The quantitative estimate of drug-likeness (QED) is 0.878. The first-order chi connectivity index (χ1) is 7.56. The maximum absolute atomic E-state index is 6.14. The molecule has 0 aromatic heterocycles. The highest BCUT2D eigenvalue weighted by atomic mass is 35.5. The molecule has 0 fully saturated rings. The molecule has 4 heteroatoms. The molecule has 0 heterocycles. The average molecular weight is 262 g/mol.